The molecule has 1 heterocycles. The quantitative estimate of drug-likeness (QED) is 0.642. The number of hydrogen-bond acceptors (Lipinski definition) is 1. The van der Waals surface area contributed by atoms with Gasteiger partial charge in [-0.3, -0.25) is 0 Å². The Balaban J connectivity index is 2.23. The van der Waals surface area contributed by atoms with E-state index in [4.69, 9.17) is 0 Å². The summed E-state index contributed by atoms with van der Waals surface area (Å²) in [6.45, 7) is 4.59. The zero-order valence-electron chi connectivity index (χ0n) is 7.34. The molecule has 0 aliphatic heterocycles. The molecule has 0 amide bonds. The van der Waals surface area contributed by atoms with Crippen molar-refractivity contribution in [3.8, 4) is 0 Å². The van der Waals surface area contributed by atoms with Crippen LogP contribution in [0.1, 0.15) is 32.3 Å². The van der Waals surface area contributed by atoms with Crippen molar-refractivity contribution in [3.63, 3.8) is 0 Å². The Morgan fingerprint density at radius 1 is 1.55 bits per heavy atom. The van der Waals surface area contributed by atoms with E-state index in [-0.39, 0.29) is 0 Å². The van der Waals surface area contributed by atoms with Crippen molar-refractivity contribution in [2.75, 3.05) is 0 Å². The maximum absolute atomic E-state index is 2.33. The summed E-state index contributed by atoms with van der Waals surface area (Å²) in [7, 11) is 0. The second-order valence-corrected chi connectivity index (χ2v) is 3.96. The Labute approximate surface area is 73.3 Å². The van der Waals surface area contributed by atoms with Crippen LogP contribution in [0.4, 0.5) is 0 Å². The molecule has 11 heavy (non-hydrogen) atoms. The van der Waals surface area contributed by atoms with Crippen LogP contribution in [0, 0.1) is 5.92 Å². The number of hydrogen-bond donors (Lipinski definition) is 0. The Hall–Kier alpha value is -0.300. The Bertz CT molecular complexity index is 177. The van der Waals surface area contributed by atoms with E-state index >= 15 is 0 Å². The molecule has 1 rings (SSSR count). The third-order valence-electron chi connectivity index (χ3n) is 2.20. The summed E-state index contributed by atoms with van der Waals surface area (Å²) >= 11 is 1.80. The van der Waals surface area contributed by atoms with E-state index in [0.29, 0.717) is 0 Å². The third kappa shape index (κ3) is 3.06. The first-order valence-electron chi connectivity index (χ1n) is 4.34. The highest BCUT2D eigenvalue weighted by Crippen LogP contribution is 2.14. The number of rotatable bonds is 4. The number of thiophene rings is 1. The molecule has 62 valence electrons. The SMILES string of the molecule is CC[C@H](C)CCc1ccsc1. The molecule has 0 fully saturated rings. The topological polar surface area (TPSA) is 0 Å². The Morgan fingerprint density at radius 2 is 2.36 bits per heavy atom. The average Bonchev–Trinajstić information content (AvgIpc) is 2.52. The summed E-state index contributed by atoms with van der Waals surface area (Å²) in [4.78, 5) is 0. The average molecular weight is 168 g/mol. The maximum atomic E-state index is 2.33. The highest BCUT2D eigenvalue weighted by Gasteiger charge is 1.99. The molecule has 0 N–H and O–H groups in total. The second-order valence-electron chi connectivity index (χ2n) is 3.18. The zero-order chi connectivity index (χ0) is 8.10. The van der Waals surface area contributed by atoms with Gasteiger partial charge in [-0.1, -0.05) is 20.3 Å². The minimum Gasteiger partial charge on any atom is -0.152 e. The molecular formula is C10H16S. The van der Waals surface area contributed by atoms with Crippen molar-refractivity contribution in [1.29, 1.82) is 0 Å². The van der Waals surface area contributed by atoms with Gasteiger partial charge in [0.25, 0.3) is 0 Å². The normalized spacial score (nSPS) is 13.3. The molecule has 1 atom stereocenters. The summed E-state index contributed by atoms with van der Waals surface area (Å²) in [5.41, 5.74) is 1.51. The Morgan fingerprint density at radius 3 is 2.91 bits per heavy atom. The van der Waals surface area contributed by atoms with E-state index in [1.54, 1.807) is 11.3 Å². The first-order valence-corrected chi connectivity index (χ1v) is 5.28. The van der Waals surface area contributed by atoms with Crippen LogP contribution in [-0.2, 0) is 6.42 Å². The summed E-state index contributed by atoms with van der Waals surface area (Å²) in [6.07, 6.45) is 3.91. The fraction of sp³-hybridized carbons (Fsp3) is 0.600. The highest BCUT2D eigenvalue weighted by atomic mass is 32.1. The number of aryl methyl sites for hydroxylation is 1. The van der Waals surface area contributed by atoms with Crippen molar-refractivity contribution in [3.05, 3.63) is 22.4 Å². The third-order valence-corrected chi connectivity index (χ3v) is 2.93. The fourth-order valence-electron chi connectivity index (χ4n) is 1.05. The molecule has 0 nitrogen and oxygen atoms in total. The molecule has 1 heteroatoms. The lowest BCUT2D eigenvalue weighted by Crippen LogP contribution is -1.93. The van der Waals surface area contributed by atoms with E-state index in [1.165, 1.54) is 24.8 Å². The predicted octanol–water partition coefficient (Wildman–Crippen LogP) is 3.73. The highest BCUT2D eigenvalue weighted by molar-refractivity contribution is 7.07. The maximum Gasteiger partial charge on any atom is -0.00613 e. The largest absolute Gasteiger partial charge is 0.152 e. The van der Waals surface area contributed by atoms with Crippen LogP contribution >= 0.6 is 11.3 Å². The van der Waals surface area contributed by atoms with Crippen molar-refractivity contribution in [2.45, 2.75) is 33.1 Å². The van der Waals surface area contributed by atoms with Gasteiger partial charge in [0.2, 0.25) is 0 Å². The van der Waals surface area contributed by atoms with Gasteiger partial charge in [-0.2, -0.15) is 11.3 Å². The van der Waals surface area contributed by atoms with Gasteiger partial charge in [0, 0.05) is 0 Å². The van der Waals surface area contributed by atoms with Crippen LogP contribution in [0.3, 0.4) is 0 Å². The van der Waals surface area contributed by atoms with Crippen LogP contribution in [0.25, 0.3) is 0 Å². The van der Waals surface area contributed by atoms with Crippen LogP contribution in [-0.4, -0.2) is 0 Å². The van der Waals surface area contributed by atoms with Gasteiger partial charge in [-0.05, 0) is 41.1 Å². The van der Waals surface area contributed by atoms with E-state index in [1.807, 2.05) is 0 Å². The molecule has 0 spiro atoms. The smallest absolute Gasteiger partial charge is 0.00613 e. The molecule has 0 unspecified atom stereocenters. The van der Waals surface area contributed by atoms with E-state index in [0.717, 1.165) is 5.92 Å². The van der Waals surface area contributed by atoms with E-state index in [9.17, 15) is 0 Å². The van der Waals surface area contributed by atoms with Crippen molar-refractivity contribution >= 4 is 11.3 Å². The fourth-order valence-corrected chi connectivity index (χ4v) is 1.76. The molecular weight excluding hydrogens is 152 g/mol. The van der Waals surface area contributed by atoms with Gasteiger partial charge in [0.05, 0.1) is 0 Å². The molecule has 1 aromatic rings. The summed E-state index contributed by atoms with van der Waals surface area (Å²) in [6, 6.07) is 2.23. The van der Waals surface area contributed by atoms with Crippen LogP contribution in [0.5, 0.6) is 0 Å². The summed E-state index contributed by atoms with van der Waals surface area (Å²) in [5, 5.41) is 4.41. The summed E-state index contributed by atoms with van der Waals surface area (Å²) in [5.74, 6) is 0.884. The Kier molecular flexibility index (Phi) is 3.64. The second kappa shape index (κ2) is 4.55. The standard InChI is InChI=1S/C10H16S/c1-3-9(2)4-5-10-6-7-11-8-10/h6-9H,3-5H2,1-2H3/t9-/m0/s1. The van der Waals surface area contributed by atoms with Gasteiger partial charge in [-0.15, -0.1) is 0 Å². The van der Waals surface area contributed by atoms with Gasteiger partial charge in [0.15, 0.2) is 0 Å². The predicted molar refractivity (Wildman–Crippen MR) is 52.1 cm³/mol. The molecule has 0 aliphatic carbocycles. The molecule has 1 aromatic heterocycles. The zero-order valence-corrected chi connectivity index (χ0v) is 8.16. The van der Waals surface area contributed by atoms with E-state index in [2.05, 4.69) is 30.7 Å². The van der Waals surface area contributed by atoms with Gasteiger partial charge in [0.1, 0.15) is 0 Å². The molecule has 0 radical (unpaired) electrons. The molecule has 0 saturated heterocycles. The van der Waals surface area contributed by atoms with Gasteiger partial charge >= 0.3 is 0 Å². The minimum atomic E-state index is 0.884. The molecule has 0 saturated carbocycles. The van der Waals surface area contributed by atoms with Crippen LogP contribution in [0.2, 0.25) is 0 Å². The van der Waals surface area contributed by atoms with Crippen molar-refractivity contribution in [1.82, 2.24) is 0 Å². The molecule has 0 aliphatic rings. The van der Waals surface area contributed by atoms with Crippen LogP contribution < -0.4 is 0 Å². The first kappa shape index (κ1) is 8.79. The summed E-state index contributed by atoms with van der Waals surface area (Å²) < 4.78 is 0. The van der Waals surface area contributed by atoms with Crippen LogP contribution in [0.15, 0.2) is 16.8 Å². The van der Waals surface area contributed by atoms with Crippen molar-refractivity contribution in [2.24, 2.45) is 5.92 Å². The van der Waals surface area contributed by atoms with Gasteiger partial charge < -0.3 is 0 Å². The lowest BCUT2D eigenvalue weighted by Gasteiger charge is -2.05. The van der Waals surface area contributed by atoms with Crippen molar-refractivity contribution < 1.29 is 0 Å². The lowest BCUT2D eigenvalue weighted by atomic mass is 10.0. The lowest BCUT2D eigenvalue weighted by molar-refractivity contribution is 0.517. The van der Waals surface area contributed by atoms with Gasteiger partial charge in [-0.25, -0.2) is 0 Å². The molecule has 0 bridgehead atoms. The molecule has 0 aromatic carbocycles. The minimum absolute atomic E-state index is 0.884. The first-order chi connectivity index (χ1) is 5.33. The van der Waals surface area contributed by atoms with E-state index < -0.39 is 0 Å². The monoisotopic (exact) mass is 168 g/mol.